The van der Waals surface area contributed by atoms with Gasteiger partial charge in [-0.25, -0.2) is 0 Å². The van der Waals surface area contributed by atoms with Crippen LogP contribution in [0.15, 0.2) is 59.2 Å². The Kier molecular flexibility index (Phi) is 4.13. The highest BCUT2D eigenvalue weighted by atomic mass is 35.5. The first kappa shape index (κ1) is 17.0. The maximum Gasteiger partial charge on any atom is 0.258 e. The fourth-order valence-corrected chi connectivity index (χ4v) is 3.85. The largest absolute Gasteiger partial charge is 0.486 e. The fourth-order valence-electron chi connectivity index (χ4n) is 3.58. The van der Waals surface area contributed by atoms with E-state index in [-0.39, 0.29) is 5.91 Å². The molecule has 6 nitrogen and oxygen atoms in total. The van der Waals surface area contributed by atoms with E-state index in [9.17, 15) is 4.79 Å². The zero-order valence-electron chi connectivity index (χ0n) is 14.9. The molecule has 1 atom stereocenters. The molecule has 7 heteroatoms. The molecule has 5 rings (SSSR count). The number of anilines is 1. The van der Waals surface area contributed by atoms with Gasteiger partial charge in [-0.1, -0.05) is 23.7 Å². The molecule has 0 aliphatic carbocycles. The topological polar surface area (TPSA) is 63.9 Å². The molecule has 1 unspecified atom stereocenters. The molecule has 1 amide bonds. The maximum absolute atomic E-state index is 13.3. The number of hydrogen-bond acceptors (Lipinski definition) is 5. The zero-order valence-corrected chi connectivity index (χ0v) is 15.6. The Hall–Kier alpha value is -3.12. The Morgan fingerprint density at radius 1 is 1.11 bits per heavy atom. The lowest BCUT2D eigenvalue weighted by atomic mass is 10.0. The molecular formula is C21H17ClN2O4. The van der Waals surface area contributed by atoms with Crippen LogP contribution in [0.3, 0.4) is 0 Å². The summed E-state index contributed by atoms with van der Waals surface area (Å²) in [6.07, 6.45) is 1.17. The van der Waals surface area contributed by atoms with Crippen LogP contribution in [0.4, 0.5) is 5.69 Å². The number of para-hydroxylation sites is 1. The lowest BCUT2D eigenvalue weighted by Gasteiger charge is -2.38. The second-order valence-electron chi connectivity index (χ2n) is 6.63. The minimum atomic E-state index is -0.430. The number of nitrogens with zero attached hydrogens (tertiary/aromatic N) is 1. The van der Waals surface area contributed by atoms with Gasteiger partial charge >= 0.3 is 0 Å². The van der Waals surface area contributed by atoms with E-state index in [1.807, 2.05) is 42.5 Å². The van der Waals surface area contributed by atoms with Gasteiger partial charge in [-0.3, -0.25) is 4.79 Å². The van der Waals surface area contributed by atoms with Crippen molar-refractivity contribution in [3.05, 3.63) is 76.7 Å². The van der Waals surface area contributed by atoms with Crippen molar-refractivity contribution in [1.82, 2.24) is 4.90 Å². The smallest absolute Gasteiger partial charge is 0.258 e. The minimum absolute atomic E-state index is 0.0817. The first-order valence-corrected chi connectivity index (χ1v) is 9.36. The highest BCUT2D eigenvalue weighted by molar-refractivity contribution is 6.32. The van der Waals surface area contributed by atoms with E-state index in [2.05, 4.69) is 5.32 Å². The highest BCUT2D eigenvalue weighted by Crippen LogP contribution is 2.42. The second kappa shape index (κ2) is 6.80. The fraction of sp³-hybridized carbons (Fsp3) is 0.190. The molecule has 1 N–H and O–H groups in total. The van der Waals surface area contributed by atoms with Crippen LogP contribution in [0.2, 0.25) is 5.02 Å². The summed E-state index contributed by atoms with van der Waals surface area (Å²) < 4.78 is 16.8. The third kappa shape index (κ3) is 2.86. The number of fused-ring (bicyclic) bond motifs is 2. The van der Waals surface area contributed by atoms with E-state index in [0.717, 1.165) is 11.3 Å². The number of benzene rings is 2. The number of furan rings is 1. The van der Waals surface area contributed by atoms with Crippen molar-refractivity contribution >= 4 is 23.2 Å². The third-order valence-corrected chi connectivity index (χ3v) is 5.14. The van der Waals surface area contributed by atoms with E-state index in [1.165, 1.54) is 0 Å². The van der Waals surface area contributed by atoms with Crippen molar-refractivity contribution in [3.8, 4) is 11.5 Å². The van der Waals surface area contributed by atoms with Gasteiger partial charge in [-0.05, 0) is 36.4 Å². The summed E-state index contributed by atoms with van der Waals surface area (Å²) in [6.45, 7) is 1.25. The summed E-state index contributed by atoms with van der Waals surface area (Å²) >= 11 is 6.44. The van der Waals surface area contributed by atoms with Crippen LogP contribution >= 0.6 is 11.6 Å². The molecule has 1 aromatic heterocycles. The SMILES string of the molecule is O=C1c2ccccc2NC(c2cc(Cl)c3c(c2)OCCO3)N1Cc1ccco1. The van der Waals surface area contributed by atoms with E-state index in [1.54, 1.807) is 17.2 Å². The first-order chi connectivity index (χ1) is 13.7. The Morgan fingerprint density at radius 3 is 2.82 bits per heavy atom. The summed E-state index contributed by atoms with van der Waals surface area (Å²) in [7, 11) is 0. The van der Waals surface area contributed by atoms with Gasteiger partial charge < -0.3 is 24.1 Å². The predicted octanol–water partition coefficient (Wildman–Crippen LogP) is 4.47. The van der Waals surface area contributed by atoms with E-state index < -0.39 is 6.17 Å². The van der Waals surface area contributed by atoms with Crippen LogP contribution in [0, 0.1) is 0 Å². The maximum atomic E-state index is 13.3. The molecular weight excluding hydrogens is 380 g/mol. The molecule has 3 heterocycles. The predicted molar refractivity (Wildman–Crippen MR) is 104 cm³/mol. The Morgan fingerprint density at radius 2 is 1.96 bits per heavy atom. The number of halogens is 1. The monoisotopic (exact) mass is 396 g/mol. The van der Waals surface area contributed by atoms with Gasteiger partial charge in [-0.15, -0.1) is 0 Å². The Labute approximate surface area is 166 Å². The molecule has 2 aliphatic heterocycles. The molecule has 2 aliphatic rings. The number of hydrogen-bond donors (Lipinski definition) is 1. The van der Waals surface area contributed by atoms with Gasteiger partial charge in [-0.2, -0.15) is 0 Å². The average molecular weight is 397 g/mol. The number of rotatable bonds is 3. The third-order valence-electron chi connectivity index (χ3n) is 4.86. The Balaban J connectivity index is 1.59. The van der Waals surface area contributed by atoms with Gasteiger partial charge in [0.2, 0.25) is 0 Å². The molecule has 3 aromatic rings. The van der Waals surface area contributed by atoms with Crippen molar-refractivity contribution in [1.29, 1.82) is 0 Å². The van der Waals surface area contributed by atoms with Gasteiger partial charge in [0.25, 0.3) is 5.91 Å². The van der Waals surface area contributed by atoms with Crippen LogP contribution in [-0.2, 0) is 6.54 Å². The van der Waals surface area contributed by atoms with Crippen LogP contribution in [0.1, 0.15) is 27.8 Å². The van der Waals surface area contributed by atoms with Crippen LogP contribution < -0.4 is 14.8 Å². The molecule has 0 saturated heterocycles. The van der Waals surface area contributed by atoms with Gasteiger partial charge in [0, 0.05) is 11.3 Å². The van der Waals surface area contributed by atoms with Crippen molar-refractivity contribution in [2.24, 2.45) is 0 Å². The standard InChI is InChI=1S/C21H17ClN2O4/c22-16-10-13(11-18-19(16)28-9-8-27-18)20-23-17-6-2-1-5-15(17)21(25)24(20)12-14-4-3-7-26-14/h1-7,10-11,20,23H,8-9,12H2. The van der Waals surface area contributed by atoms with Gasteiger partial charge in [0.15, 0.2) is 11.5 Å². The molecule has 0 fully saturated rings. The quantitative estimate of drug-likeness (QED) is 0.707. The molecule has 0 spiro atoms. The van der Waals surface area contributed by atoms with Crippen molar-refractivity contribution in [2.45, 2.75) is 12.7 Å². The van der Waals surface area contributed by atoms with E-state index in [0.29, 0.717) is 47.6 Å². The van der Waals surface area contributed by atoms with Crippen molar-refractivity contribution in [2.75, 3.05) is 18.5 Å². The van der Waals surface area contributed by atoms with Crippen molar-refractivity contribution in [3.63, 3.8) is 0 Å². The summed E-state index contributed by atoms with van der Waals surface area (Å²) in [6, 6.07) is 14.8. The molecule has 28 heavy (non-hydrogen) atoms. The highest BCUT2D eigenvalue weighted by Gasteiger charge is 2.34. The summed E-state index contributed by atoms with van der Waals surface area (Å²) in [4.78, 5) is 15.0. The zero-order chi connectivity index (χ0) is 19.1. The molecule has 2 aromatic carbocycles. The minimum Gasteiger partial charge on any atom is -0.486 e. The van der Waals surface area contributed by atoms with Gasteiger partial charge in [0.1, 0.15) is 25.1 Å². The number of amides is 1. The lowest BCUT2D eigenvalue weighted by molar-refractivity contribution is 0.0651. The molecule has 142 valence electrons. The normalized spacial score (nSPS) is 17.8. The van der Waals surface area contributed by atoms with Crippen molar-refractivity contribution < 1.29 is 18.7 Å². The Bertz CT molecular complexity index is 1030. The number of carbonyl (C=O) groups is 1. The first-order valence-electron chi connectivity index (χ1n) is 8.98. The second-order valence-corrected chi connectivity index (χ2v) is 7.04. The number of carbonyl (C=O) groups excluding carboxylic acids is 1. The number of nitrogens with one attached hydrogen (secondary N) is 1. The summed E-state index contributed by atoms with van der Waals surface area (Å²) in [5.74, 6) is 1.74. The van der Waals surface area contributed by atoms with E-state index in [4.69, 9.17) is 25.5 Å². The van der Waals surface area contributed by atoms with Crippen LogP contribution in [-0.4, -0.2) is 24.0 Å². The average Bonchev–Trinajstić information content (AvgIpc) is 3.23. The van der Waals surface area contributed by atoms with Crippen LogP contribution in [0.5, 0.6) is 11.5 Å². The van der Waals surface area contributed by atoms with E-state index >= 15 is 0 Å². The van der Waals surface area contributed by atoms with Crippen LogP contribution in [0.25, 0.3) is 0 Å². The lowest BCUT2D eigenvalue weighted by Crippen LogP contribution is -2.42. The van der Waals surface area contributed by atoms with Gasteiger partial charge in [0.05, 0.1) is 23.4 Å². The summed E-state index contributed by atoms with van der Waals surface area (Å²) in [5, 5.41) is 3.91. The summed E-state index contributed by atoms with van der Waals surface area (Å²) in [5.41, 5.74) is 2.21. The molecule has 0 radical (unpaired) electrons. The number of ether oxygens (including phenoxy) is 2. The molecule has 0 saturated carbocycles. The molecule has 0 bridgehead atoms.